The molecule has 1 N–H and O–H groups in total. The van der Waals surface area contributed by atoms with Gasteiger partial charge in [0.05, 0.1) is 6.10 Å². The van der Waals surface area contributed by atoms with E-state index in [9.17, 15) is 5.11 Å². The normalized spacial score (nSPS) is 18.4. The summed E-state index contributed by atoms with van der Waals surface area (Å²) >= 11 is 0. The molecule has 0 bridgehead atoms. The van der Waals surface area contributed by atoms with Crippen molar-refractivity contribution in [2.75, 3.05) is 0 Å². The lowest BCUT2D eigenvalue weighted by molar-refractivity contribution is 0.0541. The Balaban J connectivity index is 2.33. The molecule has 0 spiro atoms. The van der Waals surface area contributed by atoms with Crippen molar-refractivity contribution < 1.29 is 5.11 Å². The highest BCUT2D eigenvalue weighted by atomic mass is 16.3. The van der Waals surface area contributed by atoms with Crippen molar-refractivity contribution in [2.45, 2.75) is 51.0 Å². The predicted molar refractivity (Wildman–Crippen MR) is 67.4 cm³/mol. The Kier molecular flexibility index (Phi) is 3.34. The monoisotopic (exact) mass is 218 g/mol. The summed E-state index contributed by atoms with van der Waals surface area (Å²) in [4.78, 5) is 0. The van der Waals surface area contributed by atoms with Crippen LogP contribution in [0.25, 0.3) is 0 Å². The molecule has 1 heteroatoms. The molecule has 1 saturated carbocycles. The lowest BCUT2D eigenvalue weighted by Crippen LogP contribution is -2.40. The molecular formula is C15H22O. The van der Waals surface area contributed by atoms with E-state index in [-0.39, 0.29) is 11.5 Å². The van der Waals surface area contributed by atoms with Gasteiger partial charge in [0.25, 0.3) is 0 Å². The first kappa shape index (κ1) is 11.7. The van der Waals surface area contributed by atoms with Crippen LogP contribution in [0.2, 0.25) is 0 Å². The Bertz CT molecular complexity index is 323. The fourth-order valence-corrected chi connectivity index (χ4v) is 2.88. The smallest absolute Gasteiger partial charge is 0.0664 e. The van der Waals surface area contributed by atoms with E-state index in [1.807, 2.05) is 6.07 Å². The lowest BCUT2D eigenvalue weighted by atomic mass is 9.70. The van der Waals surface area contributed by atoms with Crippen LogP contribution in [0.1, 0.15) is 45.1 Å². The second-order valence-electron chi connectivity index (χ2n) is 5.01. The first-order chi connectivity index (χ1) is 7.74. The molecule has 1 fully saturated rings. The first-order valence-corrected chi connectivity index (χ1v) is 6.48. The zero-order chi connectivity index (χ0) is 11.6. The second kappa shape index (κ2) is 4.58. The van der Waals surface area contributed by atoms with E-state index in [0.29, 0.717) is 5.92 Å². The summed E-state index contributed by atoms with van der Waals surface area (Å²) in [5.41, 5.74) is 1.28. The van der Waals surface area contributed by atoms with Gasteiger partial charge in [-0.3, -0.25) is 0 Å². The average Bonchev–Trinajstić information content (AvgIpc) is 3.16. The third-order valence-electron chi connectivity index (χ3n) is 4.25. The molecule has 0 heterocycles. The molecule has 0 saturated heterocycles. The van der Waals surface area contributed by atoms with Gasteiger partial charge in [-0.05, 0) is 37.2 Å². The summed E-state index contributed by atoms with van der Waals surface area (Å²) in [5.74, 6) is 0.542. The SMILES string of the molecule is CCC(CC)(c1ccccc1)C(O)C1CC1. The Labute approximate surface area is 98.5 Å². The van der Waals surface area contributed by atoms with E-state index in [2.05, 4.69) is 38.1 Å². The Morgan fingerprint density at radius 1 is 1.19 bits per heavy atom. The highest BCUT2D eigenvalue weighted by molar-refractivity contribution is 5.27. The molecule has 0 aromatic heterocycles. The third kappa shape index (κ3) is 1.89. The van der Waals surface area contributed by atoms with E-state index in [4.69, 9.17) is 0 Å². The molecular weight excluding hydrogens is 196 g/mol. The van der Waals surface area contributed by atoms with Crippen LogP contribution in [-0.2, 0) is 5.41 Å². The summed E-state index contributed by atoms with van der Waals surface area (Å²) < 4.78 is 0. The topological polar surface area (TPSA) is 20.2 Å². The number of aliphatic hydroxyl groups is 1. The summed E-state index contributed by atoms with van der Waals surface area (Å²) in [6.07, 6.45) is 4.28. The fourth-order valence-electron chi connectivity index (χ4n) is 2.88. The van der Waals surface area contributed by atoms with Gasteiger partial charge in [-0.15, -0.1) is 0 Å². The number of aliphatic hydroxyl groups excluding tert-OH is 1. The van der Waals surface area contributed by atoms with Gasteiger partial charge < -0.3 is 5.11 Å². The van der Waals surface area contributed by atoms with Gasteiger partial charge in [-0.2, -0.15) is 0 Å². The van der Waals surface area contributed by atoms with E-state index in [1.54, 1.807) is 0 Å². The van der Waals surface area contributed by atoms with Crippen LogP contribution in [0.5, 0.6) is 0 Å². The molecule has 1 aromatic rings. The minimum atomic E-state index is -0.162. The second-order valence-corrected chi connectivity index (χ2v) is 5.01. The molecule has 2 rings (SSSR count). The number of rotatable bonds is 5. The summed E-state index contributed by atoms with van der Waals surface area (Å²) in [6.45, 7) is 4.39. The van der Waals surface area contributed by atoms with Gasteiger partial charge in [-0.1, -0.05) is 44.2 Å². The standard InChI is InChI=1S/C15H22O/c1-3-15(4-2,14(16)12-10-11-12)13-8-6-5-7-9-13/h5-9,12,14,16H,3-4,10-11H2,1-2H3. The van der Waals surface area contributed by atoms with Crippen molar-refractivity contribution in [3.63, 3.8) is 0 Å². The summed E-state index contributed by atoms with van der Waals surface area (Å²) in [6, 6.07) is 10.5. The largest absolute Gasteiger partial charge is 0.392 e. The minimum Gasteiger partial charge on any atom is -0.392 e. The minimum absolute atomic E-state index is 0.0254. The van der Waals surface area contributed by atoms with E-state index < -0.39 is 0 Å². The van der Waals surface area contributed by atoms with E-state index in [0.717, 1.165) is 12.8 Å². The van der Waals surface area contributed by atoms with Gasteiger partial charge >= 0.3 is 0 Å². The molecule has 1 unspecified atom stereocenters. The summed E-state index contributed by atoms with van der Waals surface area (Å²) in [5, 5.41) is 10.6. The molecule has 1 nitrogen and oxygen atoms in total. The average molecular weight is 218 g/mol. The van der Waals surface area contributed by atoms with Crippen LogP contribution in [0, 0.1) is 5.92 Å². The molecule has 1 aliphatic carbocycles. The zero-order valence-corrected chi connectivity index (χ0v) is 10.3. The van der Waals surface area contributed by atoms with Crippen molar-refractivity contribution in [2.24, 2.45) is 5.92 Å². The molecule has 88 valence electrons. The van der Waals surface area contributed by atoms with Crippen LogP contribution in [0.3, 0.4) is 0 Å². The predicted octanol–water partition coefficient (Wildman–Crippen LogP) is 3.52. The van der Waals surface area contributed by atoms with Crippen molar-refractivity contribution in [3.05, 3.63) is 35.9 Å². The highest BCUT2D eigenvalue weighted by Gasteiger charge is 2.44. The third-order valence-corrected chi connectivity index (χ3v) is 4.25. The van der Waals surface area contributed by atoms with E-state index >= 15 is 0 Å². The molecule has 1 aliphatic rings. The zero-order valence-electron chi connectivity index (χ0n) is 10.3. The number of benzene rings is 1. The Hall–Kier alpha value is -0.820. The summed E-state index contributed by atoms with van der Waals surface area (Å²) in [7, 11) is 0. The molecule has 0 amide bonds. The van der Waals surface area contributed by atoms with Crippen LogP contribution in [0.4, 0.5) is 0 Å². The molecule has 1 atom stereocenters. The first-order valence-electron chi connectivity index (χ1n) is 6.48. The van der Waals surface area contributed by atoms with Gasteiger partial charge in [0, 0.05) is 5.41 Å². The van der Waals surface area contributed by atoms with Crippen LogP contribution in [0.15, 0.2) is 30.3 Å². The Morgan fingerprint density at radius 3 is 2.19 bits per heavy atom. The highest BCUT2D eigenvalue weighted by Crippen LogP contribution is 2.45. The van der Waals surface area contributed by atoms with Gasteiger partial charge in [0.15, 0.2) is 0 Å². The molecule has 1 aromatic carbocycles. The Morgan fingerprint density at radius 2 is 1.75 bits per heavy atom. The molecule has 0 aliphatic heterocycles. The van der Waals surface area contributed by atoms with Crippen molar-refractivity contribution in [1.82, 2.24) is 0 Å². The van der Waals surface area contributed by atoms with Crippen LogP contribution in [-0.4, -0.2) is 11.2 Å². The number of hydrogen-bond acceptors (Lipinski definition) is 1. The van der Waals surface area contributed by atoms with Gasteiger partial charge in [0.2, 0.25) is 0 Å². The lowest BCUT2D eigenvalue weighted by Gasteiger charge is -2.37. The van der Waals surface area contributed by atoms with Crippen LogP contribution < -0.4 is 0 Å². The van der Waals surface area contributed by atoms with Crippen LogP contribution >= 0.6 is 0 Å². The van der Waals surface area contributed by atoms with Crippen molar-refractivity contribution in [3.8, 4) is 0 Å². The maximum Gasteiger partial charge on any atom is 0.0664 e. The van der Waals surface area contributed by atoms with Crippen molar-refractivity contribution in [1.29, 1.82) is 0 Å². The molecule has 0 radical (unpaired) electrons. The molecule has 16 heavy (non-hydrogen) atoms. The van der Waals surface area contributed by atoms with E-state index in [1.165, 1.54) is 18.4 Å². The van der Waals surface area contributed by atoms with Gasteiger partial charge in [-0.25, -0.2) is 0 Å². The maximum absolute atomic E-state index is 10.6. The quantitative estimate of drug-likeness (QED) is 0.801. The maximum atomic E-state index is 10.6. The number of hydrogen-bond donors (Lipinski definition) is 1. The van der Waals surface area contributed by atoms with Crippen molar-refractivity contribution >= 4 is 0 Å². The fraction of sp³-hybridized carbons (Fsp3) is 0.600. The van der Waals surface area contributed by atoms with Gasteiger partial charge in [0.1, 0.15) is 0 Å².